The summed E-state index contributed by atoms with van der Waals surface area (Å²) >= 11 is 0. The molecule has 78 valence electrons. The summed E-state index contributed by atoms with van der Waals surface area (Å²) in [5, 5.41) is 9.12. The van der Waals surface area contributed by atoms with Crippen LogP contribution in [-0.4, -0.2) is 36.8 Å². The highest BCUT2D eigenvalue weighted by Gasteiger charge is 2.12. The fraction of sp³-hybridized carbons (Fsp3) is 0.857. The lowest BCUT2D eigenvalue weighted by molar-refractivity contribution is -0.122. The second-order valence-corrected chi connectivity index (χ2v) is 2.89. The second kappa shape index (κ2) is 6.79. The molecule has 0 saturated carbocycles. The molecule has 0 aromatic carbocycles. The number of aliphatic hydroxyl groups is 1. The van der Waals surface area contributed by atoms with Gasteiger partial charge in [-0.2, -0.15) is 0 Å². The summed E-state index contributed by atoms with van der Waals surface area (Å²) in [7, 11) is 1.60. The van der Waals surface area contributed by atoms with E-state index in [-0.39, 0.29) is 24.9 Å². The predicted molar refractivity (Wildman–Crippen MR) is 49.5 cm³/mol. The molecule has 0 aliphatic rings. The van der Waals surface area contributed by atoms with E-state index in [1.165, 1.54) is 0 Å². The van der Waals surface area contributed by atoms with Crippen molar-refractivity contribution in [1.82, 2.24) is 10.9 Å². The lowest BCUT2D eigenvalue weighted by atomic mass is 10.1. The Labute approximate surface area is 77.6 Å². The van der Waals surface area contributed by atoms with Crippen molar-refractivity contribution >= 4 is 5.91 Å². The van der Waals surface area contributed by atoms with Crippen LogP contribution in [0.15, 0.2) is 0 Å². The van der Waals surface area contributed by atoms with E-state index in [0.29, 0.717) is 6.42 Å². The van der Waals surface area contributed by atoms with Crippen molar-refractivity contribution in [2.45, 2.75) is 25.0 Å². The number of hydrogen-bond donors (Lipinski definition) is 5. The summed E-state index contributed by atoms with van der Waals surface area (Å²) in [5.41, 5.74) is 15.7. The SMILES string of the molecule is CNNC(=O)CC(N)CC(O)CN. The molecule has 0 aromatic rings. The van der Waals surface area contributed by atoms with Gasteiger partial charge in [0.05, 0.1) is 6.10 Å². The number of aliphatic hydroxyl groups excluding tert-OH is 1. The van der Waals surface area contributed by atoms with E-state index in [4.69, 9.17) is 16.6 Å². The molecule has 2 unspecified atom stereocenters. The first kappa shape index (κ1) is 12.3. The maximum Gasteiger partial charge on any atom is 0.235 e. The minimum Gasteiger partial charge on any atom is -0.392 e. The Kier molecular flexibility index (Phi) is 6.43. The van der Waals surface area contributed by atoms with Crippen molar-refractivity contribution in [3.8, 4) is 0 Å². The van der Waals surface area contributed by atoms with Crippen LogP contribution in [0, 0.1) is 0 Å². The van der Waals surface area contributed by atoms with E-state index in [2.05, 4.69) is 10.9 Å². The Bertz CT molecular complexity index is 153. The molecule has 13 heavy (non-hydrogen) atoms. The van der Waals surface area contributed by atoms with Crippen LogP contribution < -0.4 is 22.3 Å². The van der Waals surface area contributed by atoms with E-state index in [1.54, 1.807) is 7.05 Å². The Hall–Kier alpha value is -0.690. The van der Waals surface area contributed by atoms with Crippen LogP contribution >= 0.6 is 0 Å². The quantitative estimate of drug-likeness (QED) is 0.301. The third kappa shape index (κ3) is 6.47. The molecule has 0 bridgehead atoms. The minimum atomic E-state index is -0.627. The third-order valence-electron chi connectivity index (χ3n) is 1.56. The summed E-state index contributed by atoms with van der Waals surface area (Å²) in [5.74, 6) is -0.195. The molecule has 0 rings (SSSR count). The number of amides is 1. The molecule has 0 aliphatic heterocycles. The number of hydrazine groups is 1. The number of rotatable bonds is 6. The molecule has 0 saturated heterocycles. The zero-order chi connectivity index (χ0) is 10.3. The van der Waals surface area contributed by atoms with Crippen molar-refractivity contribution in [2.75, 3.05) is 13.6 Å². The van der Waals surface area contributed by atoms with Crippen molar-refractivity contribution in [2.24, 2.45) is 11.5 Å². The first-order valence-electron chi connectivity index (χ1n) is 4.19. The lowest BCUT2D eigenvalue weighted by Crippen LogP contribution is -2.39. The zero-order valence-electron chi connectivity index (χ0n) is 7.79. The van der Waals surface area contributed by atoms with E-state index in [1.807, 2.05) is 0 Å². The first-order valence-corrected chi connectivity index (χ1v) is 4.19. The standard InChI is InChI=1S/C7H18N4O2/c1-10-11-7(13)3-5(9)2-6(12)4-8/h5-6,10,12H,2-4,8-9H2,1H3,(H,11,13). The molecule has 0 heterocycles. The van der Waals surface area contributed by atoms with Gasteiger partial charge in [0, 0.05) is 26.1 Å². The van der Waals surface area contributed by atoms with Crippen LogP contribution in [0.3, 0.4) is 0 Å². The van der Waals surface area contributed by atoms with Gasteiger partial charge in [-0.3, -0.25) is 10.2 Å². The summed E-state index contributed by atoms with van der Waals surface area (Å²) in [6.07, 6.45) is -0.108. The van der Waals surface area contributed by atoms with Crippen LogP contribution in [0.5, 0.6) is 0 Å². The topological polar surface area (TPSA) is 113 Å². The van der Waals surface area contributed by atoms with Crippen LogP contribution in [0.2, 0.25) is 0 Å². The summed E-state index contributed by atoms with van der Waals surface area (Å²) in [6, 6.07) is -0.355. The highest BCUT2D eigenvalue weighted by molar-refractivity contribution is 5.75. The van der Waals surface area contributed by atoms with Gasteiger partial charge in [-0.1, -0.05) is 0 Å². The largest absolute Gasteiger partial charge is 0.392 e. The van der Waals surface area contributed by atoms with Crippen LogP contribution in [0.25, 0.3) is 0 Å². The smallest absolute Gasteiger partial charge is 0.235 e. The Morgan fingerprint density at radius 1 is 1.62 bits per heavy atom. The van der Waals surface area contributed by atoms with Crippen molar-refractivity contribution in [1.29, 1.82) is 0 Å². The van der Waals surface area contributed by atoms with Gasteiger partial charge < -0.3 is 16.6 Å². The molecular formula is C7H18N4O2. The fourth-order valence-corrected chi connectivity index (χ4v) is 0.958. The molecule has 6 heteroatoms. The number of carbonyl (C=O) groups excluding carboxylic acids is 1. The van der Waals surface area contributed by atoms with E-state index < -0.39 is 6.10 Å². The maximum absolute atomic E-state index is 11.0. The van der Waals surface area contributed by atoms with Gasteiger partial charge in [0.2, 0.25) is 5.91 Å². The molecule has 0 spiro atoms. The number of hydrogen-bond acceptors (Lipinski definition) is 5. The molecular weight excluding hydrogens is 172 g/mol. The number of carbonyl (C=O) groups is 1. The molecule has 0 aromatic heterocycles. The van der Waals surface area contributed by atoms with Gasteiger partial charge in [0.1, 0.15) is 0 Å². The predicted octanol–water partition coefficient (Wildman–Crippen LogP) is -2.34. The molecule has 2 atom stereocenters. The average molecular weight is 190 g/mol. The monoisotopic (exact) mass is 190 g/mol. The Morgan fingerprint density at radius 3 is 2.69 bits per heavy atom. The molecule has 0 fully saturated rings. The lowest BCUT2D eigenvalue weighted by Gasteiger charge is -2.14. The summed E-state index contributed by atoms with van der Waals surface area (Å²) in [6.45, 7) is 0.168. The summed E-state index contributed by atoms with van der Waals surface area (Å²) < 4.78 is 0. The molecule has 0 aliphatic carbocycles. The van der Waals surface area contributed by atoms with Crippen molar-refractivity contribution < 1.29 is 9.90 Å². The maximum atomic E-state index is 11.0. The highest BCUT2D eigenvalue weighted by atomic mass is 16.3. The molecule has 7 N–H and O–H groups in total. The normalized spacial score (nSPS) is 15.1. The average Bonchev–Trinajstić information content (AvgIpc) is 2.04. The minimum absolute atomic E-state index is 0.168. The Morgan fingerprint density at radius 2 is 2.23 bits per heavy atom. The van der Waals surface area contributed by atoms with E-state index in [9.17, 15) is 4.79 Å². The summed E-state index contributed by atoms with van der Waals surface area (Å²) in [4.78, 5) is 11.0. The van der Waals surface area contributed by atoms with E-state index in [0.717, 1.165) is 0 Å². The van der Waals surface area contributed by atoms with Crippen LogP contribution in [0.4, 0.5) is 0 Å². The highest BCUT2D eigenvalue weighted by Crippen LogP contribution is 1.98. The molecule has 0 radical (unpaired) electrons. The van der Waals surface area contributed by atoms with Gasteiger partial charge in [-0.25, -0.2) is 5.43 Å². The number of nitrogens with two attached hydrogens (primary N) is 2. The Balaban J connectivity index is 3.60. The van der Waals surface area contributed by atoms with Gasteiger partial charge in [0.15, 0.2) is 0 Å². The van der Waals surface area contributed by atoms with Gasteiger partial charge in [-0.15, -0.1) is 0 Å². The number of nitrogens with one attached hydrogen (secondary N) is 2. The van der Waals surface area contributed by atoms with Gasteiger partial charge >= 0.3 is 0 Å². The van der Waals surface area contributed by atoms with E-state index >= 15 is 0 Å². The molecule has 6 nitrogen and oxygen atoms in total. The molecule has 1 amide bonds. The van der Waals surface area contributed by atoms with Gasteiger partial charge in [0.25, 0.3) is 0 Å². The van der Waals surface area contributed by atoms with Gasteiger partial charge in [-0.05, 0) is 6.42 Å². The van der Waals surface area contributed by atoms with Crippen LogP contribution in [-0.2, 0) is 4.79 Å². The fourth-order valence-electron chi connectivity index (χ4n) is 0.958. The first-order chi connectivity index (χ1) is 6.10. The third-order valence-corrected chi connectivity index (χ3v) is 1.56. The van der Waals surface area contributed by atoms with Crippen LogP contribution in [0.1, 0.15) is 12.8 Å². The van der Waals surface area contributed by atoms with Crippen molar-refractivity contribution in [3.05, 3.63) is 0 Å². The zero-order valence-corrected chi connectivity index (χ0v) is 7.79. The van der Waals surface area contributed by atoms with Crippen molar-refractivity contribution in [3.63, 3.8) is 0 Å². The second-order valence-electron chi connectivity index (χ2n) is 2.89.